The van der Waals surface area contributed by atoms with E-state index in [1.807, 2.05) is 0 Å². The van der Waals surface area contributed by atoms with Crippen LogP contribution < -0.4 is 0 Å². The molecule has 0 aliphatic carbocycles. The summed E-state index contributed by atoms with van der Waals surface area (Å²) in [7, 11) is 0. The zero-order valence-electron chi connectivity index (χ0n) is 11.7. The minimum atomic E-state index is -0.0936. The third kappa shape index (κ3) is 2.02. The fraction of sp³-hybridized carbons (Fsp3) is 1.00. The van der Waals surface area contributed by atoms with Gasteiger partial charge < -0.3 is 10.3 Å². The lowest BCUT2D eigenvalue weighted by atomic mass is 9.69. The maximum atomic E-state index is 12.8. The van der Waals surface area contributed by atoms with E-state index in [1.165, 1.54) is 5.06 Å². The highest BCUT2D eigenvalue weighted by Gasteiger charge is 2.45. The second-order valence-corrected chi connectivity index (χ2v) is 5.67. The van der Waals surface area contributed by atoms with E-state index < -0.39 is 0 Å². The van der Waals surface area contributed by atoms with Crippen LogP contribution in [0.1, 0.15) is 73.1 Å². The van der Waals surface area contributed by atoms with Crippen LogP contribution in [-0.4, -0.2) is 16.1 Å². The monoisotopic (exact) mass is 226 g/mol. The first kappa shape index (κ1) is 14.0. The van der Waals surface area contributed by atoms with E-state index in [2.05, 4.69) is 34.6 Å². The molecule has 96 valence electrons. The quantitative estimate of drug-likeness (QED) is 0.713. The van der Waals surface area contributed by atoms with E-state index >= 15 is 0 Å². The Balaban J connectivity index is 3.06. The number of rotatable bonds is 4. The maximum Gasteiger partial charge on any atom is 0.00917 e. The fourth-order valence-corrected chi connectivity index (χ4v) is 3.69. The van der Waals surface area contributed by atoms with Crippen LogP contribution in [0, 0.1) is 11.1 Å². The lowest BCUT2D eigenvalue weighted by Crippen LogP contribution is -2.61. The van der Waals surface area contributed by atoms with Gasteiger partial charge in [0.1, 0.15) is 0 Å². The smallest absolute Gasteiger partial charge is 0.00917 e. The summed E-state index contributed by atoms with van der Waals surface area (Å²) < 4.78 is 0. The summed E-state index contributed by atoms with van der Waals surface area (Å²) in [6.45, 7) is 11.0. The number of hydrogen-bond acceptors (Lipinski definition) is 2. The van der Waals surface area contributed by atoms with Crippen molar-refractivity contribution in [2.24, 2.45) is 5.92 Å². The van der Waals surface area contributed by atoms with Gasteiger partial charge in [-0.1, -0.05) is 34.6 Å². The van der Waals surface area contributed by atoms with Gasteiger partial charge in [0, 0.05) is 11.1 Å². The fourth-order valence-electron chi connectivity index (χ4n) is 3.69. The first-order valence-electron chi connectivity index (χ1n) is 6.97. The highest BCUT2D eigenvalue weighted by Crippen LogP contribution is 2.47. The molecule has 0 radical (unpaired) electrons. The summed E-state index contributed by atoms with van der Waals surface area (Å²) in [5.41, 5.74) is -0.187. The summed E-state index contributed by atoms with van der Waals surface area (Å²) in [6, 6.07) is 0. The maximum absolute atomic E-state index is 12.8. The van der Waals surface area contributed by atoms with Crippen molar-refractivity contribution in [3.05, 3.63) is 5.21 Å². The number of nitrogens with zero attached hydrogens (tertiary/aromatic N) is 1. The Morgan fingerprint density at radius 2 is 1.25 bits per heavy atom. The lowest BCUT2D eigenvalue weighted by molar-refractivity contribution is -0.0564. The Labute approximate surface area is 101 Å². The molecule has 0 bridgehead atoms. The Bertz CT molecular complexity index is 197. The van der Waals surface area contributed by atoms with Gasteiger partial charge in [0.15, 0.2) is 0 Å². The van der Waals surface area contributed by atoms with Crippen LogP contribution >= 0.6 is 0 Å². The molecular formula is C14H28NO-. The summed E-state index contributed by atoms with van der Waals surface area (Å²) in [5, 5.41) is 14.3. The Kier molecular flexibility index (Phi) is 4.42. The van der Waals surface area contributed by atoms with Crippen molar-refractivity contribution < 1.29 is 0 Å². The summed E-state index contributed by atoms with van der Waals surface area (Å²) in [5.74, 6) is 0.685. The number of hydroxylamine groups is 2. The molecule has 0 spiro atoms. The van der Waals surface area contributed by atoms with Crippen molar-refractivity contribution in [2.75, 3.05) is 0 Å². The molecule has 0 saturated carbocycles. The standard InChI is InChI=1S/C14H28NO/c1-6-13(7-2)10-12(5)11-14(8-3,9-4)15(13)16/h12H,6-11H2,1-5H3/q-1. The summed E-state index contributed by atoms with van der Waals surface area (Å²) >= 11 is 0. The normalized spacial score (nSPS) is 25.9. The second kappa shape index (κ2) is 5.05. The SMILES string of the molecule is CCC1(CC)CC(C)CC(CC)(CC)N1[O-]. The van der Waals surface area contributed by atoms with E-state index in [0.29, 0.717) is 5.92 Å². The molecular weight excluding hydrogens is 198 g/mol. The molecule has 1 saturated heterocycles. The zero-order chi connectivity index (χ0) is 12.4. The van der Waals surface area contributed by atoms with E-state index in [-0.39, 0.29) is 11.1 Å². The first-order chi connectivity index (χ1) is 7.50. The van der Waals surface area contributed by atoms with E-state index in [9.17, 15) is 5.21 Å². The minimum absolute atomic E-state index is 0.0936. The molecule has 0 N–H and O–H groups in total. The van der Waals surface area contributed by atoms with Crippen LogP contribution in [0.3, 0.4) is 0 Å². The topological polar surface area (TPSA) is 26.3 Å². The Hall–Kier alpha value is -0.0800. The average molecular weight is 226 g/mol. The van der Waals surface area contributed by atoms with E-state index in [1.54, 1.807) is 0 Å². The third-order valence-electron chi connectivity index (χ3n) is 4.95. The van der Waals surface area contributed by atoms with Gasteiger partial charge >= 0.3 is 0 Å². The Morgan fingerprint density at radius 3 is 1.50 bits per heavy atom. The molecule has 1 rings (SSSR count). The van der Waals surface area contributed by atoms with Crippen molar-refractivity contribution in [3.63, 3.8) is 0 Å². The van der Waals surface area contributed by atoms with Gasteiger partial charge in [-0.15, -0.1) is 0 Å². The lowest BCUT2D eigenvalue weighted by Gasteiger charge is -2.64. The van der Waals surface area contributed by atoms with Crippen molar-refractivity contribution in [1.82, 2.24) is 5.06 Å². The van der Waals surface area contributed by atoms with Crippen molar-refractivity contribution in [1.29, 1.82) is 0 Å². The van der Waals surface area contributed by atoms with Gasteiger partial charge in [0.05, 0.1) is 0 Å². The first-order valence-corrected chi connectivity index (χ1v) is 6.97. The van der Waals surface area contributed by atoms with Gasteiger partial charge in [-0.05, 0) is 44.4 Å². The molecule has 1 heterocycles. The third-order valence-corrected chi connectivity index (χ3v) is 4.95. The van der Waals surface area contributed by atoms with Gasteiger partial charge in [-0.3, -0.25) is 0 Å². The van der Waals surface area contributed by atoms with Gasteiger partial charge in [-0.2, -0.15) is 0 Å². The molecule has 0 aromatic rings. The summed E-state index contributed by atoms with van der Waals surface area (Å²) in [6.07, 6.45) is 6.09. The predicted octanol–water partition coefficient (Wildman–Crippen LogP) is 4.33. The van der Waals surface area contributed by atoms with E-state index in [0.717, 1.165) is 38.5 Å². The van der Waals surface area contributed by atoms with Crippen LogP contribution in [0.2, 0.25) is 0 Å². The van der Waals surface area contributed by atoms with Crippen LogP contribution in [0.4, 0.5) is 0 Å². The van der Waals surface area contributed by atoms with Gasteiger partial charge in [0.2, 0.25) is 0 Å². The molecule has 1 fully saturated rings. The average Bonchev–Trinajstić information content (AvgIpc) is 2.32. The highest BCUT2D eigenvalue weighted by atomic mass is 16.5. The molecule has 0 aromatic carbocycles. The van der Waals surface area contributed by atoms with Crippen molar-refractivity contribution in [3.8, 4) is 0 Å². The van der Waals surface area contributed by atoms with Crippen molar-refractivity contribution in [2.45, 2.75) is 84.2 Å². The predicted molar refractivity (Wildman–Crippen MR) is 70.2 cm³/mol. The largest absolute Gasteiger partial charge is 0.784 e. The van der Waals surface area contributed by atoms with Gasteiger partial charge in [0.25, 0.3) is 0 Å². The molecule has 2 nitrogen and oxygen atoms in total. The molecule has 16 heavy (non-hydrogen) atoms. The number of piperidine rings is 1. The highest BCUT2D eigenvalue weighted by molar-refractivity contribution is 5.05. The van der Waals surface area contributed by atoms with Crippen molar-refractivity contribution >= 4 is 0 Å². The van der Waals surface area contributed by atoms with Crippen LogP contribution in [0.15, 0.2) is 0 Å². The molecule has 0 unspecified atom stereocenters. The molecule has 0 atom stereocenters. The van der Waals surface area contributed by atoms with Gasteiger partial charge in [-0.25, -0.2) is 0 Å². The second-order valence-electron chi connectivity index (χ2n) is 5.67. The molecule has 1 aliphatic heterocycles. The summed E-state index contributed by atoms with van der Waals surface area (Å²) in [4.78, 5) is 0. The molecule has 2 heteroatoms. The minimum Gasteiger partial charge on any atom is -0.784 e. The number of hydrogen-bond donors (Lipinski definition) is 0. The van der Waals surface area contributed by atoms with Crippen LogP contribution in [-0.2, 0) is 0 Å². The molecule has 0 amide bonds. The molecule has 1 aliphatic rings. The molecule has 0 aromatic heterocycles. The zero-order valence-corrected chi connectivity index (χ0v) is 11.7. The van der Waals surface area contributed by atoms with Crippen LogP contribution in [0.25, 0.3) is 0 Å². The van der Waals surface area contributed by atoms with Crippen LogP contribution in [0.5, 0.6) is 0 Å². The van der Waals surface area contributed by atoms with E-state index in [4.69, 9.17) is 0 Å². The Morgan fingerprint density at radius 1 is 0.938 bits per heavy atom.